The number of rotatable bonds is 4. The Morgan fingerprint density at radius 2 is 1.96 bits per heavy atom. The molecule has 0 spiro atoms. The standard InChI is InChI=1S/C18H23N3O5/c1-11(2)19-15(22)10-21-16(23)18(3,20-17(21)24)12-5-6-13-14(9-12)26-8-4-7-25-13/h5-6,9,11H,4,7-8,10H2,1-3H3,(H,19,22)(H,20,24)/t18-/m1/s1. The summed E-state index contributed by atoms with van der Waals surface area (Å²) < 4.78 is 11.3. The van der Waals surface area contributed by atoms with Crippen molar-refractivity contribution in [2.75, 3.05) is 19.8 Å². The molecular weight excluding hydrogens is 338 g/mol. The number of carbonyl (C=O) groups excluding carboxylic acids is 3. The maximum Gasteiger partial charge on any atom is 0.325 e. The average molecular weight is 361 g/mol. The summed E-state index contributed by atoms with van der Waals surface area (Å²) in [5.74, 6) is 0.293. The van der Waals surface area contributed by atoms with E-state index in [2.05, 4.69) is 10.6 Å². The van der Waals surface area contributed by atoms with Gasteiger partial charge in [0, 0.05) is 12.5 Å². The minimum absolute atomic E-state index is 0.0728. The van der Waals surface area contributed by atoms with Gasteiger partial charge in [-0.25, -0.2) is 4.79 Å². The predicted octanol–water partition coefficient (Wildman–Crippen LogP) is 1.14. The van der Waals surface area contributed by atoms with E-state index < -0.39 is 17.5 Å². The number of ether oxygens (including phenoxy) is 2. The van der Waals surface area contributed by atoms with E-state index in [1.54, 1.807) is 25.1 Å². The first-order chi connectivity index (χ1) is 12.3. The van der Waals surface area contributed by atoms with E-state index in [4.69, 9.17) is 9.47 Å². The molecule has 1 fully saturated rings. The Kier molecular flexibility index (Phi) is 4.76. The van der Waals surface area contributed by atoms with Gasteiger partial charge in [-0.05, 0) is 38.5 Å². The van der Waals surface area contributed by atoms with Crippen LogP contribution in [0.1, 0.15) is 32.8 Å². The van der Waals surface area contributed by atoms with Crippen molar-refractivity contribution >= 4 is 17.8 Å². The van der Waals surface area contributed by atoms with Crippen LogP contribution in [-0.4, -0.2) is 48.5 Å². The van der Waals surface area contributed by atoms with E-state index in [0.717, 1.165) is 11.3 Å². The van der Waals surface area contributed by atoms with Crippen molar-refractivity contribution < 1.29 is 23.9 Å². The highest BCUT2D eigenvalue weighted by atomic mass is 16.5. The van der Waals surface area contributed by atoms with E-state index in [1.807, 2.05) is 13.8 Å². The maximum absolute atomic E-state index is 12.9. The van der Waals surface area contributed by atoms with Crippen molar-refractivity contribution in [2.45, 2.75) is 38.8 Å². The van der Waals surface area contributed by atoms with Gasteiger partial charge in [0.15, 0.2) is 11.5 Å². The molecule has 4 amide bonds. The molecule has 1 aromatic carbocycles. The van der Waals surface area contributed by atoms with Gasteiger partial charge in [-0.2, -0.15) is 0 Å². The second-order valence-electron chi connectivity index (χ2n) is 6.88. The molecule has 140 valence electrons. The van der Waals surface area contributed by atoms with Crippen LogP contribution in [0.15, 0.2) is 18.2 Å². The van der Waals surface area contributed by atoms with Gasteiger partial charge in [0.25, 0.3) is 5.91 Å². The van der Waals surface area contributed by atoms with Crippen LogP contribution < -0.4 is 20.1 Å². The van der Waals surface area contributed by atoms with Gasteiger partial charge in [-0.3, -0.25) is 14.5 Å². The lowest BCUT2D eigenvalue weighted by atomic mass is 9.91. The molecule has 0 bridgehead atoms. The highest BCUT2D eigenvalue weighted by Gasteiger charge is 2.49. The minimum atomic E-state index is -1.26. The van der Waals surface area contributed by atoms with Crippen LogP contribution in [0, 0.1) is 0 Å². The lowest BCUT2D eigenvalue weighted by Gasteiger charge is -2.23. The molecular formula is C18H23N3O5. The van der Waals surface area contributed by atoms with Crippen molar-refractivity contribution in [3.63, 3.8) is 0 Å². The summed E-state index contributed by atoms with van der Waals surface area (Å²) in [6, 6.07) is 4.49. The normalized spacial score (nSPS) is 22.2. The molecule has 1 aromatic rings. The smallest absolute Gasteiger partial charge is 0.325 e. The molecule has 2 aliphatic heterocycles. The Balaban J connectivity index is 1.84. The predicted molar refractivity (Wildman–Crippen MR) is 92.9 cm³/mol. The van der Waals surface area contributed by atoms with Gasteiger partial charge >= 0.3 is 6.03 Å². The van der Waals surface area contributed by atoms with Crippen LogP contribution in [0.3, 0.4) is 0 Å². The molecule has 2 aliphatic rings. The van der Waals surface area contributed by atoms with Crippen LogP contribution >= 0.6 is 0 Å². The van der Waals surface area contributed by atoms with Crippen LogP contribution in [0.4, 0.5) is 4.79 Å². The largest absolute Gasteiger partial charge is 0.490 e. The van der Waals surface area contributed by atoms with Crippen molar-refractivity contribution in [1.29, 1.82) is 0 Å². The van der Waals surface area contributed by atoms with Gasteiger partial charge in [-0.15, -0.1) is 0 Å². The molecule has 0 aromatic heterocycles. The number of nitrogens with one attached hydrogen (secondary N) is 2. The number of benzene rings is 1. The van der Waals surface area contributed by atoms with Crippen molar-refractivity contribution in [2.24, 2.45) is 0 Å². The zero-order valence-corrected chi connectivity index (χ0v) is 15.1. The molecule has 3 rings (SSSR count). The van der Waals surface area contributed by atoms with Crippen LogP contribution in [-0.2, 0) is 15.1 Å². The molecule has 0 radical (unpaired) electrons. The number of urea groups is 1. The van der Waals surface area contributed by atoms with Gasteiger partial charge in [0.05, 0.1) is 13.2 Å². The topological polar surface area (TPSA) is 97.0 Å². The zero-order valence-electron chi connectivity index (χ0n) is 15.1. The van der Waals surface area contributed by atoms with Crippen molar-refractivity contribution in [1.82, 2.24) is 15.5 Å². The Labute approximate surface area is 151 Å². The molecule has 0 aliphatic carbocycles. The van der Waals surface area contributed by atoms with Gasteiger partial charge in [-0.1, -0.05) is 6.07 Å². The second kappa shape index (κ2) is 6.86. The molecule has 1 saturated heterocycles. The minimum Gasteiger partial charge on any atom is -0.490 e. The lowest BCUT2D eigenvalue weighted by molar-refractivity contribution is -0.135. The van der Waals surface area contributed by atoms with Crippen molar-refractivity contribution in [3.05, 3.63) is 23.8 Å². The molecule has 26 heavy (non-hydrogen) atoms. The lowest BCUT2D eigenvalue weighted by Crippen LogP contribution is -2.44. The second-order valence-corrected chi connectivity index (χ2v) is 6.88. The summed E-state index contributed by atoms with van der Waals surface area (Å²) in [6.07, 6.45) is 0.774. The Morgan fingerprint density at radius 3 is 2.65 bits per heavy atom. The number of nitrogens with zero attached hydrogens (tertiary/aromatic N) is 1. The van der Waals surface area contributed by atoms with Gasteiger partial charge in [0.1, 0.15) is 12.1 Å². The van der Waals surface area contributed by atoms with Crippen LogP contribution in [0.5, 0.6) is 11.5 Å². The monoisotopic (exact) mass is 361 g/mol. The quantitative estimate of drug-likeness (QED) is 0.784. The summed E-state index contributed by atoms with van der Waals surface area (Å²) in [6.45, 7) is 6.01. The number of fused-ring (bicyclic) bond motifs is 1. The highest BCUT2D eigenvalue weighted by Crippen LogP contribution is 2.36. The zero-order chi connectivity index (χ0) is 18.9. The third-order valence-electron chi connectivity index (χ3n) is 4.35. The van der Waals surface area contributed by atoms with E-state index in [-0.39, 0.29) is 18.5 Å². The summed E-state index contributed by atoms with van der Waals surface area (Å²) in [5, 5.41) is 5.36. The fourth-order valence-corrected chi connectivity index (χ4v) is 3.02. The summed E-state index contributed by atoms with van der Waals surface area (Å²) in [7, 11) is 0. The van der Waals surface area contributed by atoms with E-state index in [0.29, 0.717) is 30.3 Å². The molecule has 8 heteroatoms. The number of carbonyl (C=O) groups is 3. The molecule has 0 unspecified atom stereocenters. The Hall–Kier alpha value is -2.77. The number of hydrogen-bond donors (Lipinski definition) is 2. The fourth-order valence-electron chi connectivity index (χ4n) is 3.02. The number of hydrogen-bond acceptors (Lipinski definition) is 5. The van der Waals surface area contributed by atoms with Crippen LogP contribution in [0.2, 0.25) is 0 Å². The number of amides is 4. The molecule has 1 atom stereocenters. The molecule has 2 N–H and O–H groups in total. The Morgan fingerprint density at radius 1 is 1.27 bits per heavy atom. The first-order valence-electron chi connectivity index (χ1n) is 8.65. The van der Waals surface area contributed by atoms with Gasteiger partial charge in [0.2, 0.25) is 5.91 Å². The summed E-state index contributed by atoms with van der Waals surface area (Å²) in [4.78, 5) is 38.1. The third kappa shape index (κ3) is 3.31. The molecule has 2 heterocycles. The average Bonchev–Trinajstić information content (AvgIpc) is 2.75. The van der Waals surface area contributed by atoms with E-state index in [1.165, 1.54) is 0 Å². The SMILES string of the molecule is CC(C)NC(=O)CN1C(=O)N[C@](C)(c2ccc3c(c2)OCCCO3)C1=O. The fraction of sp³-hybridized carbons (Fsp3) is 0.500. The van der Waals surface area contributed by atoms with Crippen LogP contribution in [0.25, 0.3) is 0 Å². The summed E-state index contributed by atoms with van der Waals surface area (Å²) >= 11 is 0. The summed E-state index contributed by atoms with van der Waals surface area (Å²) in [5.41, 5.74) is -0.688. The molecule has 8 nitrogen and oxygen atoms in total. The van der Waals surface area contributed by atoms with Gasteiger partial charge < -0.3 is 20.1 Å². The number of imide groups is 1. The Bertz CT molecular complexity index is 748. The third-order valence-corrected chi connectivity index (χ3v) is 4.35. The first kappa shape index (κ1) is 18.0. The highest BCUT2D eigenvalue weighted by molar-refractivity contribution is 6.09. The molecule has 0 saturated carbocycles. The van der Waals surface area contributed by atoms with Crippen molar-refractivity contribution in [3.8, 4) is 11.5 Å². The van der Waals surface area contributed by atoms with E-state index in [9.17, 15) is 14.4 Å². The first-order valence-corrected chi connectivity index (χ1v) is 8.65. The maximum atomic E-state index is 12.9. The van der Waals surface area contributed by atoms with E-state index >= 15 is 0 Å².